The molecule has 2 rings (SSSR count). The van der Waals surface area contributed by atoms with Gasteiger partial charge in [-0.25, -0.2) is 0 Å². The lowest BCUT2D eigenvalue weighted by molar-refractivity contribution is 0.141. The topological polar surface area (TPSA) is 66.5 Å². The van der Waals surface area contributed by atoms with Crippen molar-refractivity contribution in [3.05, 3.63) is 42.0 Å². The minimum absolute atomic E-state index is 0.238. The third-order valence-electron chi connectivity index (χ3n) is 3.13. The molecule has 0 bridgehead atoms. The van der Waals surface area contributed by atoms with E-state index >= 15 is 0 Å². The Morgan fingerprint density at radius 3 is 2.41 bits per heavy atom. The molecule has 0 saturated heterocycles. The third kappa shape index (κ3) is 2.12. The summed E-state index contributed by atoms with van der Waals surface area (Å²) in [6.45, 7) is 1.90. The number of nitrogens with two attached hydrogens (primary N) is 1. The summed E-state index contributed by atoms with van der Waals surface area (Å²) in [5.41, 5.74) is 6.90. The van der Waals surface area contributed by atoms with Gasteiger partial charge in [-0.05, 0) is 23.4 Å². The fourth-order valence-corrected chi connectivity index (χ4v) is 2.06. The van der Waals surface area contributed by atoms with Crippen LogP contribution in [0, 0.1) is 0 Å². The minimum atomic E-state index is -0.567. The van der Waals surface area contributed by atoms with E-state index in [4.69, 9.17) is 5.73 Å². The van der Waals surface area contributed by atoms with Gasteiger partial charge < -0.3 is 15.9 Å². The predicted octanol–water partition coefficient (Wildman–Crippen LogP) is 2.32. The summed E-state index contributed by atoms with van der Waals surface area (Å²) in [4.78, 5) is 0. The smallest absolute Gasteiger partial charge is 0.123 e. The molecule has 4 N–H and O–H groups in total. The van der Waals surface area contributed by atoms with Crippen LogP contribution in [0.15, 0.2) is 36.4 Å². The minimum Gasteiger partial charge on any atom is -0.507 e. The zero-order chi connectivity index (χ0) is 12.4. The van der Waals surface area contributed by atoms with Crippen LogP contribution in [0.25, 0.3) is 10.8 Å². The summed E-state index contributed by atoms with van der Waals surface area (Å²) >= 11 is 0. The van der Waals surface area contributed by atoms with Gasteiger partial charge in [0.05, 0.1) is 12.1 Å². The first kappa shape index (κ1) is 11.9. The molecule has 0 saturated carbocycles. The maximum Gasteiger partial charge on any atom is 0.123 e. The van der Waals surface area contributed by atoms with Crippen LogP contribution in [0.5, 0.6) is 5.75 Å². The highest BCUT2D eigenvalue weighted by molar-refractivity contribution is 5.91. The average molecular weight is 231 g/mol. The molecule has 3 heteroatoms. The van der Waals surface area contributed by atoms with Gasteiger partial charge >= 0.3 is 0 Å². The van der Waals surface area contributed by atoms with Crippen molar-refractivity contribution in [1.82, 2.24) is 0 Å². The molecule has 2 atom stereocenters. The monoisotopic (exact) mass is 231 g/mol. The van der Waals surface area contributed by atoms with E-state index in [1.165, 1.54) is 0 Å². The maximum absolute atomic E-state index is 9.82. The van der Waals surface area contributed by atoms with Crippen molar-refractivity contribution in [2.24, 2.45) is 5.73 Å². The fourth-order valence-electron chi connectivity index (χ4n) is 2.06. The number of hydrogen-bond acceptors (Lipinski definition) is 3. The number of phenols is 1. The molecule has 0 spiro atoms. The molecule has 0 radical (unpaired) electrons. The van der Waals surface area contributed by atoms with E-state index in [0.717, 1.165) is 16.3 Å². The number of rotatable bonds is 3. The van der Waals surface area contributed by atoms with Crippen LogP contribution in [-0.2, 0) is 0 Å². The van der Waals surface area contributed by atoms with Gasteiger partial charge in [-0.2, -0.15) is 0 Å². The number of phenolic OH excluding ortho intramolecular Hbond substituents is 1. The lowest BCUT2D eigenvalue weighted by Crippen LogP contribution is -2.25. The van der Waals surface area contributed by atoms with E-state index in [1.807, 2.05) is 31.2 Å². The van der Waals surface area contributed by atoms with Gasteiger partial charge in [0.2, 0.25) is 0 Å². The van der Waals surface area contributed by atoms with Gasteiger partial charge in [-0.15, -0.1) is 0 Å². The van der Waals surface area contributed by atoms with E-state index < -0.39 is 12.1 Å². The molecule has 0 aliphatic carbocycles. The second kappa shape index (κ2) is 4.73. The average Bonchev–Trinajstić information content (AvgIpc) is 2.38. The largest absolute Gasteiger partial charge is 0.507 e. The van der Waals surface area contributed by atoms with Crippen molar-refractivity contribution >= 4 is 10.8 Å². The number of fused-ring (bicyclic) bond motifs is 1. The van der Waals surface area contributed by atoms with Gasteiger partial charge in [0, 0.05) is 5.39 Å². The predicted molar refractivity (Wildman–Crippen MR) is 68.8 cm³/mol. The van der Waals surface area contributed by atoms with E-state index in [-0.39, 0.29) is 5.75 Å². The summed E-state index contributed by atoms with van der Waals surface area (Å²) in [5.74, 6) is 0.238. The molecule has 2 aromatic rings. The Balaban J connectivity index is 2.59. The Hall–Kier alpha value is -1.58. The maximum atomic E-state index is 9.82. The molecule has 3 nitrogen and oxygen atoms in total. The fraction of sp³-hybridized carbons (Fsp3) is 0.286. The van der Waals surface area contributed by atoms with Gasteiger partial charge in [0.25, 0.3) is 0 Å². The number of aliphatic hydroxyl groups is 1. The van der Waals surface area contributed by atoms with E-state index in [1.54, 1.807) is 12.1 Å². The molecule has 0 aromatic heterocycles. The first-order valence-corrected chi connectivity index (χ1v) is 5.79. The number of aliphatic hydroxyl groups excluding tert-OH is 1. The normalized spacial score (nSPS) is 14.8. The van der Waals surface area contributed by atoms with Crippen molar-refractivity contribution in [3.8, 4) is 5.75 Å². The molecule has 0 unspecified atom stereocenters. The molecule has 0 heterocycles. The highest BCUT2D eigenvalue weighted by Gasteiger charge is 2.17. The van der Waals surface area contributed by atoms with Crippen LogP contribution < -0.4 is 5.73 Å². The molecule has 0 aliphatic heterocycles. The first-order valence-electron chi connectivity index (χ1n) is 5.79. The Bertz CT molecular complexity index is 525. The molecule has 0 fully saturated rings. The number of hydrogen-bond donors (Lipinski definition) is 3. The molecular weight excluding hydrogens is 214 g/mol. The second-order valence-corrected chi connectivity index (χ2v) is 4.22. The molecule has 0 amide bonds. The zero-order valence-corrected chi connectivity index (χ0v) is 9.80. The number of aromatic hydroxyl groups is 1. The molecule has 2 aromatic carbocycles. The second-order valence-electron chi connectivity index (χ2n) is 4.22. The SMILES string of the molecule is CC[C@H](O)[C@H](N)c1ccc(O)c2ccccc12. The lowest BCUT2D eigenvalue weighted by Gasteiger charge is -2.19. The molecule has 0 aliphatic rings. The van der Waals surface area contributed by atoms with Crippen LogP contribution in [-0.4, -0.2) is 16.3 Å². The Kier molecular flexibility index (Phi) is 3.31. The van der Waals surface area contributed by atoms with Gasteiger partial charge in [-0.3, -0.25) is 0 Å². The van der Waals surface area contributed by atoms with Crippen molar-refractivity contribution in [1.29, 1.82) is 0 Å². The Morgan fingerprint density at radius 1 is 1.12 bits per heavy atom. The Labute approximate surface area is 101 Å². The number of benzene rings is 2. The summed E-state index contributed by atoms with van der Waals surface area (Å²) in [7, 11) is 0. The van der Waals surface area contributed by atoms with Gasteiger partial charge in [0.1, 0.15) is 5.75 Å². The van der Waals surface area contributed by atoms with Crippen molar-refractivity contribution < 1.29 is 10.2 Å². The van der Waals surface area contributed by atoms with Crippen LogP contribution in [0.2, 0.25) is 0 Å². The quantitative estimate of drug-likeness (QED) is 0.759. The van der Waals surface area contributed by atoms with Crippen LogP contribution >= 0.6 is 0 Å². The summed E-state index contributed by atoms with van der Waals surface area (Å²) in [6, 6.07) is 10.5. The van der Waals surface area contributed by atoms with E-state index in [9.17, 15) is 10.2 Å². The van der Waals surface area contributed by atoms with Crippen molar-refractivity contribution in [3.63, 3.8) is 0 Å². The Morgan fingerprint density at radius 2 is 1.76 bits per heavy atom. The molecular formula is C14H17NO2. The first-order chi connectivity index (χ1) is 8.15. The van der Waals surface area contributed by atoms with E-state index in [2.05, 4.69) is 0 Å². The standard InChI is InChI=1S/C14H17NO2/c1-2-12(16)14(15)11-7-8-13(17)10-6-4-3-5-9(10)11/h3-8,12,14,16-17H,2,15H2,1H3/t12-,14+/m0/s1. The molecule has 17 heavy (non-hydrogen) atoms. The van der Waals surface area contributed by atoms with Crippen LogP contribution in [0.1, 0.15) is 24.9 Å². The van der Waals surface area contributed by atoms with E-state index in [0.29, 0.717) is 6.42 Å². The van der Waals surface area contributed by atoms with Gasteiger partial charge in [-0.1, -0.05) is 37.3 Å². The van der Waals surface area contributed by atoms with Crippen molar-refractivity contribution in [2.75, 3.05) is 0 Å². The zero-order valence-electron chi connectivity index (χ0n) is 9.80. The summed E-state index contributed by atoms with van der Waals surface area (Å²) < 4.78 is 0. The third-order valence-corrected chi connectivity index (χ3v) is 3.13. The lowest BCUT2D eigenvalue weighted by atomic mass is 9.94. The van der Waals surface area contributed by atoms with Gasteiger partial charge in [0.15, 0.2) is 0 Å². The molecule has 90 valence electrons. The highest BCUT2D eigenvalue weighted by atomic mass is 16.3. The van der Waals surface area contributed by atoms with Crippen molar-refractivity contribution in [2.45, 2.75) is 25.5 Å². The summed E-state index contributed by atoms with van der Waals surface area (Å²) in [5, 5.41) is 21.3. The highest BCUT2D eigenvalue weighted by Crippen LogP contribution is 2.31. The summed E-state index contributed by atoms with van der Waals surface area (Å²) in [6.07, 6.45) is 0.0408. The van der Waals surface area contributed by atoms with Crippen LogP contribution in [0.4, 0.5) is 0 Å². The van der Waals surface area contributed by atoms with Crippen LogP contribution in [0.3, 0.4) is 0 Å².